The molecule has 0 saturated heterocycles. The number of methoxy groups -OCH3 is 2. The minimum atomic E-state index is -4.92. The van der Waals surface area contributed by atoms with Gasteiger partial charge in [-0.25, -0.2) is 19.0 Å². The number of carbonyl (C=O) groups is 1. The molecule has 1 N–H and O–H groups in total. The van der Waals surface area contributed by atoms with Gasteiger partial charge in [0.2, 0.25) is 5.88 Å². The normalized spacial score (nSPS) is 12.8. The summed E-state index contributed by atoms with van der Waals surface area (Å²) in [6.45, 7) is 1.35. The quantitative estimate of drug-likeness (QED) is 0.113. The second-order valence-electron chi connectivity index (χ2n) is 11.4. The van der Waals surface area contributed by atoms with E-state index in [2.05, 4.69) is 15.3 Å². The highest BCUT2D eigenvalue weighted by Crippen LogP contribution is 2.42. The smallest absolute Gasteiger partial charge is 0.420 e. The van der Waals surface area contributed by atoms with Gasteiger partial charge >= 0.3 is 6.18 Å². The molecule has 16 heteroatoms. The lowest BCUT2D eigenvalue weighted by molar-refractivity contribution is -0.138. The maximum absolute atomic E-state index is 14.5. The first-order valence-corrected chi connectivity index (χ1v) is 15.9. The maximum Gasteiger partial charge on any atom is 0.420 e. The van der Waals surface area contributed by atoms with Gasteiger partial charge in [-0.15, -0.1) is 0 Å². The first-order chi connectivity index (χ1) is 24.6. The molecular formula is C35H33F4N5O7. The van der Waals surface area contributed by atoms with E-state index in [0.29, 0.717) is 48.6 Å². The van der Waals surface area contributed by atoms with Gasteiger partial charge in [-0.3, -0.25) is 14.3 Å². The number of hydrogen-bond donors (Lipinski definition) is 1. The largest absolute Gasteiger partial charge is 0.487 e. The third-order valence-electron chi connectivity index (χ3n) is 8.08. The van der Waals surface area contributed by atoms with Crippen LogP contribution in [0.2, 0.25) is 0 Å². The van der Waals surface area contributed by atoms with Crippen molar-refractivity contribution in [3.63, 3.8) is 0 Å². The average molecular weight is 712 g/mol. The van der Waals surface area contributed by atoms with Crippen LogP contribution in [0.25, 0.3) is 16.6 Å². The van der Waals surface area contributed by atoms with Crippen molar-refractivity contribution in [2.45, 2.75) is 32.0 Å². The summed E-state index contributed by atoms with van der Waals surface area (Å²) in [5.41, 5.74) is -1.18. The Balaban J connectivity index is 1.32. The molecule has 268 valence electrons. The van der Waals surface area contributed by atoms with Crippen LogP contribution in [-0.2, 0) is 28.6 Å². The van der Waals surface area contributed by atoms with Crippen LogP contribution in [-0.4, -0.2) is 65.9 Å². The molecule has 3 heterocycles. The summed E-state index contributed by atoms with van der Waals surface area (Å²) in [7, 11) is 3.03. The van der Waals surface area contributed by atoms with Crippen molar-refractivity contribution in [3.8, 4) is 28.8 Å². The molecule has 51 heavy (non-hydrogen) atoms. The predicted molar refractivity (Wildman–Crippen MR) is 177 cm³/mol. The highest BCUT2D eigenvalue weighted by molar-refractivity contribution is 6.05. The summed E-state index contributed by atoms with van der Waals surface area (Å²) >= 11 is 0. The molecule has 1 aliphatic heterocycles. The van der Waals surface area contributed by atoms with E-state index in [1.54, 1.807) is 10.7 Å². The van der Waals surface area contributed by atoms with Crippen LogP contribution in [0.3, 0.4) is 0 Å². The van der Waals surface area contributed by atoms with Crippen LogP contribution >= 0.6 is 0 Å². The van der Waals surface area contributed by atoms with Gasteiger partial charge in [0.1, 0.15) is 42.2 Å². The Morgan fingerprint density at radius 2 is 1.59 bits per heavy atom. The van der Waals surface area contributed by atoms with E-state index in [1.165, 1.54) is 55.3 Å². The number of fused-ring (bicyclic) bond motifs is 2. The first kappa shape index (κ1) is 35.3. The molecule has 0 saturated carbocycles. The van der Waals surface area contributed by atoms with Crippen molar-refractivity contribution in [2.24, 2.45) is 0 Å². The van der Waals surface area contributed by atoms with E-state index in [1.807, 2.05) is 0 Å². The number of nitrogens with one attached hydrogen (secondary N) is 1. The standard InChI is InChI=1S/C35H33F4N5O7/c1-47-13-15-49-29-18-24-26(19-30(29)50-16-14-48-2)40-20-41-33(24)51-28-11-8-22(17-25(28)35(37,38)39)42-32(45)31-27-5-3-4-12-43(27)44(34(31)46)23-9-6-21(36)7-10-23/h6-11,17-20H,3-5,12-16H2,1-2H3,(H,42,45). The fraction of sp³-hybridized carbons (Fsp3) is 0.314. The van der Waals surface area contributed by atoms with Gasteiger partial charge in [0.15, 0.2) is 11.5 Å². The van der Waals surface area contributed by atoms with E-state index in [9.17, 15) is 27.2 Å². The number of benzene rings is 3. The minimum absolute atomic E-state index is 0.157. The lowest BCUT2D eigenvalue weighted by Crippen LogP contribution is -2.26. The number of nitrogens with zero attached hydrogens (tertiary/aromatic N) is 4. The Morgan fingerprint density at radius 3 is 2.27 bits per heavy atom. The summed E-state index contributed by atoms with van der Waals surface area (Å²) in [5.74, 6) is -1.57. The molecule has 1 amide bonds. The van der Waals surface area contributed by atoms with E-state index >= 15 is 0 Å². The van der Waals surface area contributed by atoms with Gasteiger partial charge in [-0.05, 0) is 67.8 Å². The van der Waals surface area contributed by atoms with Gasteiger partial charge in [0.05, 0.1) is 35.5 Å². The molecule has 3 aromatic carbocycles. The monoisotopic (exact) mass is 711 g/mol. The molecule has 12 nitrogen and oxygen atoms in total. The molecular weight excluding hydrogens is 678 g/mol. The Hall–Kier alpha value is -5.48. The summed E-state index contributed by atoms with van der Waals surface area (Å²) in [4.78, 5) is 35.5. The second kappa shape index (κ2) is 15.2. The van der Waals surface area contributed by atoms with Crippen molar-refractivity contribution >= 4 is 22.5 Å². The molecule has 0 aliphatic carbocycles. The van der Waals surface area contributed by atoms with Crippen molar-refractivity contribution in [1.82, 2.24) is 19.3 Å². The molecule has 1 aliphatic rings. The first-order valence-electron chi connectivity index (χ1n) is 15.9. The molecule has 2 aromatic heterocycles. The van der Waals surface area contributed by atoms with Gasteiger partial charge in [-0.1, -0.05) is 0 Å². The van der Waals surface area contributed by atoms with E-state index in [0.717, 1.165) is 24.9 Å². The van der Waals surface area contributed by atoms with E-state index < -0.39 is 34.8 Å². The Morgan fingerprint density at radius 1 is 0.882 bits per heavy atom. The lowest BCUT2D eigenvalue weighted by Gasteiger charge is -2.19. The topological polar surface area (TPSA) is 128 Å². The van der Waals surface area contributed by atoms with Crippen LogP contribution in [0.4, 0.5) is 23.2 Å². The number of alkyl halides is 3. The molecule has 0 atom stereocenters. The highest BCUT2D eigenvalue weighted by atomic mass is 19.4. The van der Waals surface area contributed by atoms with Gasteiger partial charge in [0, 0.05) is 32.5 Å². The van der Waals surface area contributed by atoms with Gasteiger partial charge < -0.3 is 29.0 Å². The van der Waals surface area contributed by atoms with Crippen LogP contribution in [0, 0.1) is 5.82 Å². The zero-order valence-electron chi connectivity index (χ0n) is 27.6. The zero-order valence-corrected chi connectivity index (χ0v) is 27.6. The predicted octanol–water partition coefficient (Wildman–Crippen LogP) is 6.17. The Kier molecular flexibility index (Phi) is 10.5. The molecule has 0 unspecified atom stereocenters. The summed E-state index contributed by atoms with van der Waals surface area (Å²) < 4.78 is 87.4. The third-order valence-corrected chi connectivity index (χ3v) is 8.08. The number of rotatable bonds is 13. The van der Waals surface area contributed by atoms with Crippen molar-refractivity contribution < 1.29 is 46.0 Å². The van der Waals surface area contributed by atoms with Crippen molar-refractivity contribution in [1.29, 1.82) is 0 Å². The summed E-state index contributed by atoms with van der Waals surface area (Å²) in [5, 5.41) is 2.70. The minimum Gasteiger partial charge on any atom is -0.487 e. The number of amides is 1. The van der Waals surface area contributed by atoms with Crippen LogP contribution in [0.5, 0.6) is 23.1 Å². The SMILES string of the molecule is COCCOc1cc2ncnc(Oc3ccc(NC(=O)c4c5n(n(-c6ccc(F)cc6)c4=O)CCCC5)cc3C(F)(F)F)c2cc1OCCOC. The Bertz CT molecular complexity index is 2100. The second-order valence-corrected chi connectivity index (χ2v) is 11.4. The summed E-state index contributed by atoms with van der Waals surface area (Å²) in [6, 6.07) is 11.3. The zero-order chi connectivity index (χ0) is 36.1. The van der Waals surface area contributed by atoms with Crippen molar-refractivity contribution in [3.05, 3.63) is 93.9 Å². The van der Waals surface area contributed by atoms with Gasteiger partial charge in [-0.2, -0.15) is 13.2 Å². The number of ether oxygens (including phenoxy) is 5. The number of carbonyl (C=O) groups excluding carboxylic acids is 1. The third kappa shape index (κ3) is 7.66. The van der Waals surface area contributed by atoms with Crippen LogP contribution in [0.1, 0.15) is 34.5 Å². The van der Waals surface area contributed by atoms with Crippen molar-refractivity contribution in [2.75, 3.05) is 46.0 Å². The fourth-order valence-corrected chi connectivity index (χ4v) is 5.73. The average Bonchev–Trinajstić information content (AvgIpc) is 3.41. The number of halogens is 4. The van der Waals surface area contributed by atoms with Gasteiger partial charge in [0.25, 0.3) is 11.5 Å². The molecule has 0 fully saturated rings. The van der Waals surface area contributed by atoms with Crippen LogP contribution < -0.4 is 25.1 Å². The highest BCUT2D eigenvalue weighted by Gasteiger charge is 2.36. The molecule has 5 aromatic rings. The Labute approximate surface area is 288 Å². The summed E-state index contributed by atoms with van der Waals surface area (Å²) in [6.07, 6.45) is -1.92. The maximum atomic E-state index is 14.5. The van der Waals surface area contributed by atoms with E-state index in [4.69, 9.17) is 23.7 Å². The molecule has 0 radical (unpaired) electrons. The fourth-order valence-electron chi connectivity index (χ4n) is 5.73. The molecule has 6 rings (SSSR count). The lowest BCUT2D eigenvalue weighted by atomic mass is 10.1. The number of anilines is 1. The number of aromatic nitrogens is 4. The van der Waals surface area contributed by atoms with Crippen LogP contribution in [0.15, 0.2) is 65.7 Å². The molecule has 0 spiro atoms. The molecule has 0 bridgehead atoms. The van der Waals surface area contributed by atoms with E-state index in [-0.39, 0.29) is 48.1 Å². The number of hydrogen-bond acceptors (Lipinski definition) is 9.